The normalized spacial score (nSPS) is 11.6. The number of para-hydroxylation sites is 2. The lowest BCUT2D eigenvalue weighted by molar-refractivity contribution is 0.670. The zero-order valence-electron chi connectivity index (χ0n) is 36.4. The molecule has 0 aliphatic carbocycles. The number of rotatable bonds is 8. The van der Waals surface area contributed by atoms with Gasteiger partial charge < -0.3 is 9.32 Å². The molecule has 2 nitrogen and oxygen atoms in total. The average Bonchev–Trinajstić information content (AvgIpc) is 3.98. The topological polar surface area (TPSA) is 16.4 Å². The van der Waals surface area contributed by atoms with Gasteiger partial charge in [0.25, 0.3) is 0 Å². The molecule has 11 aromatic carbocycles. The van der Waals surface area contributed by atoms with Crippen LogP contribution in [-0.2, 0) is 0 Å². The van der Waals surface area contributed by atoms with E-state index in [1.54, 1.807) is 0 Å². The van der Waals surface area contributed by atoms with Gasteiger partial charge >= 0.3 is 0 Å². The SMILES string of the molecule is c1cc(-c2ccc(-c3ccc(N(c4ccc(-c5ccc6c(c5)sc5ccccc56)cc4)c4ccc(-c5cccc6c5oc5ccccc56)cc4)cc3)cc2)cc(-c2ccc3ccccc3c2)c1. The molecule has 67 heavy (non-hydrogen) atoms. The number of furan rings is 1. The molecule has 2 heterocycles. The summed E-state index contributed by atoms with van der Waals surface area (Å²) in [6.45, 7) is 0. The van der Waals surface area contributed by atoms with Gasteiger partial charge in [-0.2, -0.15) is 0 Å². The first kappa shape index (κ1) is 38.9. The van der Waals surface area contributed by atoms with Crippen LogP contribution >= 0.6 is 11.3 Å². The summed E-state index contributed by atoms with van der Waals surface area (Å²) < 4.78 is 9.07. The van der Waals surface area contributed by atoms with Crippen LogP contribution in [0.15, 0.2) is 253 Å². The van der Waals surface area contributed by atoms with E-state index in [-0.39, 0.29) is 0 Å². The van der Waals surface area contributed by atoms with E-state index in [0.717, 1.165) is 50.1 Å². The van der Waals surface area contributed by atoms with Crippen LogP contribution in [0.5, 0.6) is 0 Å². The molecule has 13 aromatic rings. The van der Waals surface area contributed by atoms with Crippen molar-refractivity contribution in [2.45, 2.75) is 0 Å². The molecule has 0 N–H and O–H groups in total. The number of thiophene rings is 1. The minimum absolute atomic E-state index is 0.905. The number of nitrogens with zero attached hydrogens (tertiary/aromatic N) is 1. The van der Waals surface area contributed by atoms with E-state index < -0.39 is 0 Å². The molecule has 3 heteroatoms. The van der Waals surface area contributed by atoms with Gasteiger partial charge in [0.2, 0.25) is 0 Å². The van der Waals surface area contributed by atoms with Gasteiger partial charge in [0, 0.05) is 53.6 Å². The van der Waals surface area contributed by atoms with Crippen molar-refractivity contribution in [2.75, 3.05) is 4.90 Å². The van der Waals surface area contributed by atoms with Gasteiger partial charge in [-0.3, -0.25) is 0 Å². The molecule has 0 bridgehead atoms. The van der Waals surface area contributed by atoms with Crippen molar-refractivity contribution >= 4 is 81.3 Å². The van der Waals surface area contributed by atoms with Crippen LogP contribution in [0.1, 0.15) is 0 Å². The lowest BCUT2D eigenvalue weighted by Gasteiger charge is -2.26. The fraction of sp³-hybridized carbons (Fsp3) is 0. The quantitative estimate of drug-likeness (QED) is 0.151. The summed E-state index contributed by atoms with van der Waals surface area (Å²) in [6, 6.07) is 90.1. The maximum Gasteiger partial charge on any atom is 0.143 e. The van der Waals surface area contributed by atoms with E-state index in [1.807, 2.05) is 23.5 Å². The van der Waals surface area contributed by atoms with Gasteiger partial charge in [0.15, 0.2) is 0 Å². The molecule has 0 atom stereocenters. The molecule has 314 valence electrons. The molecule has 0 amide bonds. The van der Waals surface area contributed by atoms with Gasteiger partial charge in [-0.15, -0.1) is 11.3 Å². The molecule has 0 radical (unpaired) electrons. The monoisotopic (exact) mass is 871 g/mol. The molecule has 0 aliphatic rings. The van der Waals surface area contributed by atoms with E-state index >= 15 is 0 Å². The van der Waals surface area contributed by atoms with Crippen LogP contribution in [0.3, 0.4) is 0 Å². The Morgan fingerprint density at radius 1 is 0.284 bits per heavy atom. The maximum absolute atomic E-state index is 6.44. The molecular weight excluding hydrogens is 831 g/mol. The summed E-state index contributed by atoms with van der Waals surface area (Å²) in [6.07, 6.45) is 0. The summed E-state index contributed by atoms with van der Waals surface area (Å²) in [4.78, 5) is 2.35. The lowest BCUT2D eigenvalue weighted by atomic mass is 9.96. The van der Waals surface area contributed by atoms with Gasteiger partial charge in [0.1, 0.15) is 11.2 Å². The fourth-order valence-electron chi connectivity index (χ4n) is 9.83. The second kappa shape index (κ2) is 16.2. The summed E-state index contributed by atoms with van der Waals surface area (Å²) in [5.41, 5.74) is 16.8. The second-order valence-electron chi connectivity index (χ2n) is 17.3. The highest BCUT2D eigenvalue weighted by Crippen LogP contribution is 2.42. The van der Waals surface area contributed by atoms with Crippen LogP contribution in [0.4, 0.5) is 17.1 Å². The molecule has 0 fully saturated rings. The van der Waals surface area contributed by atoms with Crippen LogP contribution in [-0.4, -0.2) is 0 Å². The summed E-state index contributed by atoms with van der Waals surface area (Å²) in [5.74, 6) is 0. The van der Waals surface area contributed by atoms with Crippen LogP contribution < -0.4 is 4.90 Å². The van der Waals surface area contributed by atoms with Gasteiger partial charge in [-0.1, -0.05) is 182 Å². The Morgan fingerprint density at radius 3 is 1.48 bits per heavy atom. The van der Waals surface area contributed by atoms with Crippen molar-refractivity contribution in [1.29, 1.82) is 0 Å². The second-order valence-corrected chi connectivity index (χ2v) is 18.4. The maximum atomic E-state index is 6.44. The number of benzene rings is 11. The third-order valence-corrected chi connectivity index (χ3v) is 14.4. The third kappa shape index (κ3) is 7.05. The Hall–Kier alpha value is -8.50. The standard InChI is InChI=1S/C64H41NOS/c1-2-10-48-40-51(24-23-42(48)9-1)50-12-7-11-49(39-50)45-21-19-43(20-22-45)44-25-32-53(33-26-44)65(54-34-27-46(28-35-54)52-31-38-59-58-14-4-6-18-62(58)67-63(59)41-52)55-36-29-47(30-37-55)56-15-8-16-60-57-13-3-5-17-61(57)66-64(56)60/h1-41H. The first-order chi connectivity index (χ1) is 33.2. The van der Waals surface area contributed by atoms with Crippen molar-refractivity contribution in [3.63, 3.8) is 0 Å². The summed E-state index contributed by atoms with van der Waals surface area (Å²) in [7, 11) is 0. The Kier molecular flexibility index (Phi) is 9.40. The third-order valence-electron chi connectivity index (χ3n) is 13.3. The Bertz CT molecular complexity index is 3950. The minimum Gasteiger partial charge on any atom is -0.455 e. The fourth-order valence-corrected chi connectivity index (χ4v) is 11.0. The highest BCUT2D eigenvalue weighted by atomic mass is 32.1. The predicted molar refractivity (Wildman–Crippen MR) is 286 cm³/mol. The molecule has 0 saturated carbocycles. The van der Waals surface area contributed by atoms with E-state index in [1.165, 1.54) is 75.5 Å². The zero-order chi connectivity index (χ0) is 44.3. The molecule has 0 saturated heterocycles. The van der Waals surface area contributed by atoms with Crippen molar-refractivity contribution in [1.82, 2.24) is 0 Å². The molecule has 0 spiro atoms. The molecule has 13 rings (SSSR count). The van der Waals surface area contributed by atoms with E-state index in [0.29, 0.717) is 0 Å². The van der Waals surface area contributed by atoms with Crippen molar-refractivity contribution in [2.24, 2.45) is 0 Å². The first-order valence-electron chi connectivity index (χ1n) is 22.8. The minimum atomic E-state index is 0.905. The van der Waals surface area contributed by atoms with E-state index in [2.05, 4.69) is 241 Å². The Labute approximate surface area is 392 Å². The predicted octanol–water partition coefficient (Wildman–Crippen LogP) is 18.9. The van der Waals surface area contributed by atoms with E-state index in [9.17, 15) is 0 Å². The number of hydrogen-bond donors (Lipinski definition) is 0. The van der Waals surface area contributed by atoms with E-state index in [4.69, 9.17) is 4.42 Å². The molecule has 0 unspecified atom stereocenters. The van der Waals surface area contributed by atoms with Gasteiger partial charge in [-0.25, -0.2) is 0 Å². The molecule has 0 aliphatic heterocycles. The summed E-state index contributed by atoms with van der Waals surface area (Å²) >= 11 is 1.86. The molecular formula is C64H41NOS. The highest BCUT2D eigenvalue weighted by Gasteiger charge is 2.17. The number of anilines is 3. The first-order valence-corrected chi connectivity index (χ1v) is 23.6. The lowest BCUT2D eigenvalue weighted by Crippen LogP contribution is -2.09. The van der Waals surface area contributed by atoms with Crippen LogP contribution in [0, 0.1) is 0 Å². The zero-order valence-corrected chi connectivity index (χ0v) is 37.3. The number of fused-ring (bicyclic) bond motifs is 7. The van der Waals surface area contributed by atoms with Crippen molar-refractivity contribution in [3.8, 4) is 55.6 Å². The highest BCUT2D eigenvalue weighted by molar-refractivity contribution is 7.25. The van der Waals surface area contributed by atoms with Crippen LogP contribution in [0.2, 0.25) is 0 Å². The van der Waals surface area contributed by atoms with Crippen molar-refractivity contribution < 1.29 is 4.42 Å². The summed E-state index contributed by atoms with van der Waals surface area (Å²) in [5, 5.41) is 7.41. The van der Waals surface area contributed by atoms with Crippen LogP contribution in [0.25, 0.3) is 109 Å². The number of hydrogen-bond acceptors (Lipinski definition) is 3. The Morgan fingerprint density at radius 2 is 0.761 bits per heavy atom. The van der Waals surface area contributed by atoms with Gasteiger partial charge in [-0.05, 0) is 128 Å². The van der Waals surface area contributed by atoms with Crippen molar-refractivity contribution in [3.05, 3.63) is 249 Å². The smallest absolute Gasteiger partial charge is 0.143 e. The Balaban J connectivity index is 0.824. The van der Waals surface area contributed by atoms with Gasteiger partial charge in [0.05, 0.1) is 0 Å². The largest absolute Gasteiger partial charge is 0.455 e. The molecule has 2 aromatic heterocycles. The average molecular weight is 872 g/mol.